The molecule has 90 valence electrons. The van der Waals surface area contributed by atoms with Crippen molar-refractivity contribution in [2.45, 2.75) is 11.8 Å². The first-order valence-electron chi connectivity index (χ1n) is 5.63. The largest absolute Gasteiger partial charge is 0.240 e. The van der Waals surface area contributed by atoms with E-state index in [1.54, 1.807) is 29.4 Å². The van der Waals surface area contributed by atoms with Crippen LogP contribution >= 0.6 is 23.1 Å². The Morgan fingerprint density at radius 2 is 1.89 bits per heavy atom. The van der Waals surface area contributed by atoms with Crippen LogP contribution in [0, 0.1) is 6.92 Å². The van der Waals surface area contributed by atoms with Gasteiger partial charge < -0.3 is 0 Å². The van der Waals surface area contributed by atoms with Crippen molar-refractivity contribution in [3.8, 4) is 11.1 Å². The van der Waals surface area contributed by atoms with Crippen LogP contribution in [0.5, 0.6) is 0 Å². The molecule has 2 heterocycles. The number of thioether (sulfide) groups is 1. The van der Waals surface area contributed by atoms with Crippen LogP contribution in [0.25, 0.3) is 21.3 Å². The van der Waals surface area contributed by atoms with E-state index in [-0.39, 0.29) is 0 Å². The molecule has 0 spiro atoms. The average molecular weight is 272 g/mol. The molecule has 3 aromatic rings. The van der Waals surface area contributed by atoms with Crippen molar-refractivity contribution in [2.24, 2.45) is 0 Å². The molecule has 0 radical (unpaired) electrons. The van der Waals surface area contributed by atoms with E-state index in [0.29, 0.717) is 0 Å². The molecule has 0 amide bonds. The highest BCUT2D eigenvalue weighted by atomic mass is 32.2. The van der Waals surface area contributed by atoms with Crippen molar-refractivity contribution in [3.63, 3.8) is 0 Å². The van der Waals surface area contributed by atoms with Gasteiger partial charge in [0, 0.05) is 15.8 Å². The Kier molecular flexibility index (Phi) is 3.06. The summed E-state index contributed by atoms with van der Waals surface area (Å²) >= 11 is 3.47. The lowest BCUT2D eigenvalue weighted by Gasteiger charge is -2.01. The van der Waals surface area contributed by atoms with Crippen LogP contribution in [-0.2, 0) is 0 Å². The second-order valence-corrected chi connectivity index (χ2v) is 5.77. The first kappa shape index (κ1) is 11.7. The monoisotopic (exact) mass is 272 g/mol. The molecule has 2 nitrogen and oxygen atoms in total. The molecule has 0 aliphatic rings. The SMILES string of the molecule is CSc1ccc(-c2csc3c(C)ncnc23)cc1. The van der Waals surface area contributed by atoms with Crippen molar-refractivity contribution in [3.05, 3.63) is 41.7 Å². The highest BCUT2D eigenvalue weighted by Gasteiger charge is 2.09. The highest BCUT2D eigenvalue weighted by Crippen LogP contribution is 2.34. The summed E-state index contributed by atoms with van der Waals surface area (Å²) in [5.74, 6) is 0. The molecule has 0 bridgehead atoms. The van der Waals surface area contributed by atoms with Crippen LogP contribution in [0.1, 0.15) is 5.69 Å². The van der Waals surface area contributed by atoms with Crippen molar-refractivity contribution >= 4 is 33.3 Å². The zero-order chi connectivity index (χ0) is 12.5. The van der Waals surface area contributed by atoms with Crippen LogP contribution in [0.2, 0.25) is 0 Å². The van der Waals surface area contributed by atoms with E-state index in [0.717, 1.165) is 11.2 Å². The number of hydrogen-bond donors (Lipinski definition) is 0. The maximum absolute atomic E-state index is 4.42. The lowest BCUT2D eigenvalue weighted by Crippen LogP contribution is -1.84. The molecule has 0 fully saturated rings. The minimum atomic E-state index is 1.05. The molecule has 0 atom stereocenters. The third-order valence-corrected chi connectivity index (χ3v) is 4.75. The predicted molar refractivity (Wildman–Crippen MR) is 79.4 cm³/mol. The van der Waals surface area contributed by atoms with Crippen LogP contribution in [-0.4, -0.2) is 16.2 Å². The van der Waals surface area contributed by atoms with Gasteiger partial charge in [0.2, 0.25) is 0 Å². The summed E-state index contributed by atoms with van der Waals surface area (Å²) in [7, 11) is 0. The molecule has 0 unspecified atom stereocenters. The molecule has 0 saturated heterocycles. The predicted octanol–water partition coefficient (Wildman–Crippen LogP) is 4.39. The molecule has 2 aromatic heterocycles. The second kappa shape index (κ2) is 4.71. The van der Waals surface area contributed by atoms with E-state index in [1.165, 1.54) is 20.7 Å². The summed E-state index contributed by atoms with van der Waals surface area (Å²) < 4.78 is 1.18. The molecule has 0 aliphatic heterocycles. The van der Waals surface area contributed by atoms with E-state index in [4.69, 9.17) is 0 Å². The summed E-state index contributed by atoms with van der Waals surface area (Å²) in [6, 6.07) is 8.62. The van der Waals surface area contributed by atoms with Gasteiger partial charge in [-0.25, -0.2) is 9.97 Å². The number of nitrogens with zero attached hydrogens (tertiary/aromatic N) is 2. The number of aromatic nitrogens is 2. The summed E-state index contributed by atoms with van der Waals surface area (Å²) in [4.78, 5) is 9.93. The Balaban J connectivity index is 2.16. The van der Waals surface area contributed by atoms with E-state index < -0.39 is 0 Å². The van der Waals surface area contributed by atoms with E-state index in [2.05, 4.69) is 45.9 Å². The van der Waals surface area contributed by atoms with Crippen molar-refractivity contribution in [1.29, 1.82) is 0 Å². The van der Waals surface area contributed by atoms with Crippen LogP contribution in [0.3, 0.4) is 0 Å². The van der Waals surface area contributed by atoms with Gasteiger partial charge in [0.25, 0.3) is 0 Å². The molecule has 0 saturated carbocycles. The smallest absolute Gasteiger partial charge is 0.116 e. The topological polar surface area (TPSA) is 25.8 Å². The standard InChI is InChI=1S/C14H12N2S2/c1-9-14-13(16-8-15-9)12(7-18-14)10-3-5-11(17-2)6-4-10/h3-8H,1-2H3. The molecule has 1 aromatic carbocycles. The average Bonchev–Trinajstić information content (AvgIpc) is 2.84. The minimum absolute atomic E-state index is 1.05. The first-order valence-corrected chi connectivity index (χ1v) is 7.73. The lowest BCUT2D eigenvalue weighted by atomic mass is 10.1. The van der Waals surface area contributed by atoms with E-state index in [1.807, 2.05) is 6.92 Å². The summed E-state index contributed by atoms with van der Waals surface area (Å²) in [5, 5.41) is 2.17. The maximum Gasteiger partial charge on any atom is 0.116 e. The third-order valence-electron chi connectivity index (χ3n) is 2.93. The van der Waals surface area contributed by atoms with E-state index in [9.17, 15) is 0 Å². The maximum atomic E-state index is 4.42. The normalized spacial score (nSPS) is 11.0. The van der Waals surface area contributed by atoms with Crippen LogP contribution < -0.4 is 0 Å². The third kappa shape index (κ3) is 1.91. The van der Waals surface area contributed by atoms with Crippen LogP contribution in [0.4, 0.5) is 0 Å². The Labute approximate surface area is 114 Å². The highest BCUT2D eigenvalue weighted by molar-refractivity contribution is 7.98. The van der Waals surface area contributed by atoms with Gasteiger partial charge in [-0.15, -0.1) is 23.1 Å². The summed E-state index contributed by atoms with van der Waals surface area (Å²) in [6.45, 7) is 2.03. The Morgan fingerprint density at radius 1 is 1.11 bits per heavy atom. The molecule has 3 rings (SSSR count). The van der Waals surface area contributed by atoms with Gasteiger partial charge in [-0.3, -0.25) is 0 Å². The van der Waals surface area contributed by atoms with Gasteiger partial charge in [-0.05, 0) is 30.9 Å². The van der Waals surface area contributed by atoms with Gasteiger partial charge >= 0.3 is 0 Å². The van der Waals surface area contributed by atoms with Gasteiger partial charge in [0.1, 0.15) is 6.33 Å². The number of thiophene rings is 1. The fraction of sp³-hybridized carbons (Fsp3) is 0.143. The minimum Gasteiger partial charge on any atom is -0.240 e. The fourth-order valence-corrected chi connectivity index (χ4v) is 3.33. The molecule has 18 heavy (non-hydrogen) atoms. The van der Waals surface area contributed by atoms with E-state index >= 15 is 0 Å². The fourth-order valence-electron chi connectivity index (χ4n) is 1.94. The number of hydrogen-bond acceptors (Lipinski definition) is 4. The molecule has 0 N–H and O–H groups in total. The first-order chi connectivity index (χ1) is 8.79. The van der Waals surface area contributed by atoms with Crippen molar-refractivity contribution in [1.82, 2.24) is 9.97 Å². The molecular weight excluding hydrogens is 260 g/mol. The Bertz CT molecular complexity index is 687. The quantitative estimate of drug-likeness (QED) is 0.647. The van der Waals surface area contributed by atoms with Crippen LogP contribution in [0.15, 0.2) is 40.9 Å². The Morgan fingerprint density at radius 3 is 2.61 bits per heavy atom. The second-order valence-electron chi connectivity index (χ2n) is 4.01. The van der Waals surface area contributed by atoms with Crippen molar-refractivity contribution < 1.29 is 0 Å². The molecule has 4 heteroatoms. The number of aryl methyl sites for hydroxylation is 1. The lowest BCUT2D eigenvalue weighted by molar-refractivity contribution is 1.16. The number of benzene rings is 1. The zero-order valence-corrected chi connectivity index (χ0v) is 11.8. The van der Waals surface area contributed by atoms with Crippen molar-refractivity contribution in [2.75, 3.05) is 6.26 Å². The number of rotatable bonds is 2. The van der Waals surface area contributed by atoms with Gasteiger partial charge in [-0.2, -0.15) is 0 Å². The Hall–Kier alpha value is -1.39. The van der Waals surface area contributed by atoms with Gasteiger partial charge in [-0.1, -0.05) is 12.1 Å². The van der Waals surface area contributed by atoms with Gasteiger partial charge in [0.15, 0.2) is 0 Å². The zero-order valence-electron chi connectivity index (χ0n) is 10.2. The summed E-state index contributed by atoms with van der Waals surface area (Å²) in [6.07, 6.45) is 3.73. The summed E-state index contributed by atoms with van der Waals surface area (Å²) in [5.41, 5.74) is 4.53. The molecular formula is C14H12N2S2. The molecule has 0 aliphatic carbocycles. The van der Waals surface area contributed by atoms with Gasteiger partial charge in [0.05, 0.1) is 15.9 Å². The number of fused-ring (bicyclic) bond motifs is 1.